The molecule has 0 aromatic rings. The van der Waals surface area contributed by atoms with Gasteiger partial charge < -0.3 is 15.5 Å². The van der Waals surface area contributed by atoms with Crippen LogP contribution < -0.4 is 10.6 Å². The summed E-state index contributed by atoms with van der Waals surface area (Å²) in [5, 5.41) is 6.74. The Kier molecular flexibility index (Phi) is 12.8. The molecule has 0 saturated carbocycles. The molecule has 25 heavy (non-hydrogen) atoms. The van der Waals surface area contributed by atoms with Gasteiger partial charge in [-0.2, -0.15) is 0 Å². The van der Waals surface area contributed by atoms with E-state index in [9.17, 15) is 9.59 Å². The fraction of sp³-hybridized carbons (Fsp3) is 0.882. The molecule has 0 aliphatic heterocycles. The number of amides is 2. The SMILES string of the molecule is [B]C(C)(C)N(CCNC(=O)CSC(C)C)CCNC(=O)CSC(C)C. The van der Waals surface area contributed by atoms with E-state index in [2.05, 4.69) is 43.2 Å². The lowest BCUT2D eigenvalue weighted by atomic mass is 9.80. The van der Waals surface area contributed by atoms with Crippen LogP contribution in [0.15, 0.2) is 0 Å². The van der Waals surface area contributed by atoms with Gasteiger partial charge in [-0.05, 0) is 15.9 Å². The Morgan fingerprint density at radius 1 is 0.920 bits per heavy atom. The fourth-order valence-electron chi connectivity index (χ4n) is 1.94. The molecule has 0 bridgehead atoms. The van der Waals surface area contributed by atoms with E-state index < -0.39 is 5.44 Å². The van der Waals surface area contributed by atoms with Crippen molar-refractivity contribution in [2.75, 3.05) is 37.7 Å². The molecule has 0 unspecified atom stereocenters. The lowest BCUT2D eigenvalue weighted by molar-refractivity contribution is -0.119. The van der Waals surface area contributed by atoms with E-state index in [1.54, 1.807) is 23.5 Å². The normalized spacial score (nSPS) is 12.0. The zero-order chi connectivity index (χ0) is 19.5. The number of hydrogen-bond donors (Lipinski definition) is 2. The highest BCUT2D eigenvalue weighted by Gasteiger charge is 2.20. The Morgan fingerprint density at radius 3 is 1.56 bits per heavy atom. The number of nitrogens with one attached hydrogen (secondary N) is 2. The largest absolute Gasteiger partial charge is 0.354 e. The van der Waals surface area contributed by atoms with Gasteiger partial charge in [-0.25, -0.2) is 0 Å². The number of thioether (sulfide) groups is 2. The van der Waals surface area contributed by atoms with Gasteiger partial charge in [0.2, 0.25) is 11.8 Å². The van der Waals surface area contributed by atoms with E-state index in [0.717, 1.165) is 0 Å². The summed E-state index contributed by atoms with van der Waals surface area (Å²) in [6, 6.07) is 0. The van der Waals surface area contributed by atoms with E-state index in [1.165, 1.54) is 0 Å². The maximum Gasteiger partial charge on any atom is 0.230 e. The molecular formula is C17H34BN3O2S2. The quantitative estimate of drug-likeness (QED) is 0.471. The minimum atomic E-state index is -0.505. The summed E-state index contributed by atoms with van der Waals surface area (Å²) in [5.74, 6) is 1.06. The van der Waals surface area contributed by atoms with Crippen molar-refractivity contribution in [3.63, 3.8) is 0 Å². The molecule has 0 aromatic heterocycles. The van der Waals surface area contributed by atoms with Crippen molar-refractivity contribution in [1.82, 2.24) is 15.5 Å². The van der Waals surface area contributed by atoms with Gasteiger partial charge in [-0.3, -0.25) is 9.59 Å². The van der Waals surface area contributed by atoms with Crippen molar-refractivity contribution in [3.05, 3.63) is 0 Å². The minimum absolute atomic E-state index is 0.0486. The standard InChI is InChI=1S/C17H34BN3O2S2/c1-13(2)24-11-15(22)19-7-9-21(17(5,6)18)10-8-20-16(23)12-25-14(3)4/h13-14H,7-12H2,1-6H3,(H,19,22)(H,20,23). The molecule has 2 N–H and O–H groups in total. The Bertz CT molecular complexity index is 372. The fourth-order valence-corrected chi connectivity index (χ4v) is 3.11. The molecule has 0 aliphatic carbocycles. The van der Waals surface area contributed by atoms with Crippen LogP contribution >= 0.6 is 23.5 Å². The van der Waals surface area contributed by atoms with Crippen LogP contribution in [0.1, 0.15) is 41.5 Å². The highest BCUT2D eigenvalue weighted by atomic mass is 32.2. The molecule has 0 atom stereocenters. The molecule has 0 fully saturated rings. The molecule has 2 radical (unpaired) electrons. The van der Waals surface area contributed by atoms with Gasteiger partial charge in [0.25, 0.3) is 0 Å². The number of carbonyl (C=O) groups excluding carboxylic acids is 2. The zero-order valence-corrected chi connectivity index (χ0v) is 18.2. The Labute approximate surface area is 163 Å². The molecule has 0 spiro atoms. The third kappa shape index (κ3) is 14.5. The van der Waals surface area contributed by atoms with E-state index in [1.807, 2.05) is 13.8 Å². The molecule has 0 saturated heterocycles. The third-order valence-electron chi connectivity index (χ3n) is 3.32. The first-order valence-corrected chi connectivity index (χ1v) is 10.9. The molecule has 8 heteroatoms. The molecule has 0 heterocycles. The van der Waals surface area contributed by atoms with Gasteiger partial charge in [-0.1, -0.05) is 41.5 Å². The predicted molar refractivity (Wildman–Crippen MR) is 113 cm³/mol. The van der Waals surface area contributed by atoms with Crippen LogP contribution in [0.4, 0.5) is 0 Å². The maximum absolute atomic E-state index is 11.8. The maximum atomic E-state index is 11.8. The van der Waals surface area contributed by atoms with E-state index in [4.69, 9.17) is 7.85 Å². The molecule has 0 aromatic carbocycles. The van der Waals surface area contributed by atoms with Crippen LogP contribution in [0, 0.1) is 0 Å². The lowest BCUT2D eigenvalue weighted by Crippen LogP contribution is -2.50. The molecule has 5 nitrogen and oxygen atoms in total. The number of carbonyl (C=O) groups is 2. The number of rotatable bonds is 13. The summed E-state index contributed by atoms with van der Waals surface area (Å²) in [6.07, 6.45) is 0. The summed E-state index contributed by atoms with van der Waals surface area (Å²) in [5.41, 5.74) is -0.505. The molecule has 144 valence electrons. The monoisotopic (exact) mass is 387 g/mol. The topological polar surface area (TPSA) is 61.4 Å². The van der Waals surface area contributed by atoms with Gasteiger partial charge in [0, 0.05) is 26.2 Å². The number of hydrogen-bond acceptors (Lipinski definition) is 5. The smallest absolute Gasteiger partial charge is 0.230 e. The highest BCUT2D eigenvalue weighted by molar-refractivity contribution is 8.00. The van der Waals surface area contributed by atoms with Gasteiger partial charge in [0.1, 0.15) is 0 Å². The van der Waals surface area contributed by atoms with Crippen molar-refractivity contribution in [3.8, 4) is 0 Å². The summed E-state index contributed by atoms with van der Waals surface area (Å²) < 4.78 is 0. The van der Waals surface area contributed by atoms with Crippen LogP contribution in [0.3, 0.4) is 0 Å². The average molecular weight is 387 g/mol. The van der Waals surface area contributed by atoms with Crippen molar-refractivity contribution < 1.29 is 9.59 Å². The van der Waals surface area contributed by atoms with Crippen LogP contribution in [-0.2, 0) is 9.59 Å². The Hall–Kier alpha value is -0.335. The summed E-state index contributed by atoms with van der Waals surface area (Å²) >= 11 is 3.26. The van der Waals surface area contributed by atoms with Gasteiger partial charge in [0.15, 0.2) is 0 Å². The van der Waals surface area contributed by atoms with Gasteiger partial charge in [0.05, 0.1) is 19.4 Å². The van der Waals surface area contributed by atoms with E-state index in [-0.39, 0.29) is 11.8 Å². The second-order valence-electron chi connectivity index (χ2n) is 7.06. The molecule has 2 amide bonds. The van der Waals surface area contributed by atoms with Crippen molar-refractivity contribution in [2.45, 2.75) is 57.5 Å². The minimum Gasteiger partial charge on any atom is -0.354 e. The highest BCUT2D eigenvalue weighted by Crippen LogP contribution is 2.10. The Balaban J connectivity index is 4.13. The van der Waals surface area contributed by atoms with Crippen LogP contribution in [0.5, 0.6) is 0 Å². The predicted octanol–water partition coefficient (Wildman–Crippen LogP) is 1.71. The summed E-state index contributed by atoms with van der Waals surface area (Å²) in [6.45, 7) is 14.6. The zero-order valence-electron chi connectivity index (χ0n) is 16.6. The van der Waals surface area contributed by atoms with Crippen molar-refractivity contribution >= 4 is 43.2 Å². The third-order valence-corrected chi connectivity index (χ3v) is 5.51. The van der Waals surface area contributed by atoms with Crippen molar-refractivity contribution in [2.24, 2.45) is 0 Å². The van der Waals surface area contributed by atoms with Crippen LogP contribution in [0.2, 0.25) is 0 Å². The molecular weight excluding hydrogens is 353 g/mol. The summed E-state index contributed by atoms with van der Waals surface area (Å²) in [7, 11) is 6.20. The molecule has 0 aliphatic rings. The number of nitrogens with zero attached hydrogens (tertiary/aromatic N) is 1. The van der Waals surface area contributed by atoms with Gasteiger partial charge in [-0.15, -0.1) is 23.5 Å². The lowest BCUT2D eigenvalue weighted by Gasteiger charge is -2.36. The van der Waals surface area contributed by atoms with Crippen LogP contribution in [-0.4, -0.2) is 78.2 Å². The van der Waals surface area contributed by atoms with E-state index in [0.29, 0.717) is 48.2 Å². The average Bonchev–Trinajstić information content (AvgIpc) is 2.48. The van der Waals surface area contributed by atoms with E-state index >= 15 is 0 Å². The first kappa shape index (κ1) is 24.7. The second kappa shape index (κ2) is 12.9. The molecule has 0 rings (SSSR count). The summed E-state index contributed by atoms with van der Waals surface area (Å²) in [4.78, 5) is 25.6. The van der Waals surface area contributed by atoms with Crippen molar-refractivity contribution in [1.29, 1.82) is 0 Å². The first-order valence-electron chi connectivity index (χ1n) is 8.83. The van der Waals surface area contributed by atoms with Gasteiger partial charge >= 0.3 is 0 Å². The second-order valence-corrected chi connectivity index (χ2v) is 10.2. The van der Waals surface area contributed by atoms with Crippen LogP contribution in [0.25, 0.3) is 0 Å². The Morgan fingerprint density at radius 2 is 1.28 bits per heavy atom. The first-order chi connectivity index (χ1) is 11.5.